The van der Waals surface area contributed by atoms with Gasteiger partial charge in [0, 0.05) is 10.6 Å². The highest BCUT2D eigenvalue weighted by Gasteiger charge is 2.20. The minimum atomic E-state index is -0.361. The number of nitrogen functional groups attached to an aromatic ring is 1. The molecule has 0 amide bonds. The van der Waals surface area contributed by atoms with E-state index in [2.05, 4.69) is 9.97 Å². The molecule has 2 N–H and O–H groups in total. The molecule has 0 bridgehead atoms. The summed E-state index contributed by atoms with van der Waals surface area (Å²) in [5, 5.41) is 1.34. The molecule has 2 aromatic heterocycles. The lowest BCUT2D eigenvalue weighted by molar-refractivity contribution is 0.0531. The van der Waals surface area contributed by atoms with Crippen molar-refractivity contribution < 1.29 is 9.53 Å². The number of halogens is 1. The van der Waals surface area contributed by atoms with E-state index in [-0.39, 0.29) is 5.97 Å². The fourth-order valence-electron chi connectivity index (χ4n) is 2.29. The van der Waals surface area contributed by atoms with Crippen LogP contribution in [-0.2, 0) is 4.74 Å². The lowest BCUT2D eigenvalue weighted by Gasteiger charge is -2.03. The first-order valence-corrected chi connectivity index (χ1v) is 8.20. The average molecular weight is 348 g/mol. The van der Waals surface area contributed by atoms with E-state index in [1.807, 2.05) is 19.1 Å². The van der Waals surface area contributed by atoms with E-state index in [4.69, 9.17) is 22.1 Å². The van der Waals surface area contributed by atoms with Gasteiger partial charge < -0.3 is 10.5 Å². The van der Waals surface area contributed by atoms with Crippen LogP contribution in [0.25, 0.3) is 21.6 Å². The molecule has 0 aliphatic carbocycles. The third-order valence-corrected chi connectivity index (χ3v) is 4.80. The van der Waals surface area contributed by atoms with E-state index >= 15 is 0 Å². The third kappa shape index (κ3) is 2.87. The van der Waals surface area contributed by atoms with Gasteiger partial charge in [-0.25, -0.2) is 14.8 Å². The number of ether oxygens (including phenoxy) is 1. The highest BCUT2D eigenvalue weighted by atomic mass is 35.5. The molecule has 3 rings (SSSR count). The molecule has 7 heteroatoms. The molecular weight excluding hydrogens is 334 g/mol. The van der Waals surface area contributed by atoms with Gasteiger partial charge in [-0.15, -0.1) is 11.3 Å². The molecule has 0 saturated carbocycles. The lowest BCUT2D eigenvalue weighted by atomic mass is 10.2. The zero-order chi connectivity index (χ0) is 16.6. The van der Waals surface area contributed by atoms with Gasteiger partial charge in [-0.05, 0) is 43.7 Å². The maximum absolute atomic E-state index is 12.0. The van der Waals surface area contributed by atoms with Crippen LogP contribution in [0, 0.1) is 6.92 Å². The molecule has 5 nitrogen and oxygen atoms in total. The zero-order valence-corrected chi connectivity index (χ0v) is 14.2. The number of aromatic nitrogens is 2. The summed E-state index contributed by atoms with van der Waals surface area (Å²) in [7, 11) is 0. The van der Waals surface area contributed by atoms with E-state index in [1.54, 1.807) is 19.1 Å². The predicted octanol–water partition coefficient (Wildman–Crippen LogP) is 4.08. The normalized spacial score (nSPS) is 10.9. The number of benzene rings is 1. The van der Waals surface area contributed by atoms with Gasteiger partial charge in [-0.1, -0.05) is 11.6 Å². The topological polar surface area (TPSA) is 78.1 Å². The van der Waals surface area contributed by atoms with Gasteiger partial charge in [0.05, 0.1) is 12.0 Å². The highest BCUT2D eigenvalue weighted by molar-refractivity contribution is 7.20. The van der Waals surface area contributed by atoms with Crippen LogP contribution in [0.1, 0.15) is 22.2 Å². The second-order valence-corrected chi connectivity index (χ2v) is 6.33. The number of thiophene rings is 1. The number of nitrogens with two attached hydrogens (primary N) is 1. The second-order valence-electron chi connectivity index (χ2n) is 4.90. The van der Waals surface area contributed by atoms with E-state index < -0.39 is 0 Å². The van der Waals surface area contributed by atoms with E-state index in [0.717, 1.165) is 11.1 Å². The van der Waals surface area contributed by atoms with Gasteiger partial charge in [0.15, 0.2) is 5.82 Å². The number of aryl methyl sites for hydroxylation is 1. The van der Waals surface area contributed by atoms with Gasteiger partial charge >= 0.3 is 5.97 Å². The molecule has 0 atom stereocenters. The van der Waals surface area contributed by atoms with Crippen molar-refractivity contribution in [2.75, 3.05) is 12.3 Å². The van der Waals surface area contributed by atoms with Crippen molar-refractivity contribution in [3.8, 4) is 11.4 Å². The number of nitrogens with zero attached hydrogens (tertiary/aromatic N) is 2. The molecule has 0 spiro atoms. The van der Waals surface area contributed by atoms with Crippen LogP contribution in [0.15, 0.2) is 24.3 Å². The Labute approximate surface area is 142 Å². The molecule has 3 aromatic rings. The molecule has 1 aromatic carbocycles. The maximum atomic E-state index is 12.0. The summed E-state index contributed by atoms with van der Waals surface area (Å²) >= 11 is 7.17. The molecule has 2 heterocycles. The SMILES string of the molecule is CCOC(=O)c1sc2nc(-c3ccc(Cl)cc3)nc(N)c2c1C. The van der Waals surface area contributed by atoms with E-state index in [9.17, 15) is 4.79 Å². The Morgan fingerprint density at radius 2 is 2.00 bits per heavy atom. The van der Waals surface area contributed by atoms with Crippen molar-refractivity contribution in [2.24, 2.45) is 0 Å². The Morgan fingerprint density at radius 1 is 1.30 bits per heavy atom. The summed E-state index contributed by atoms with van der Waals surface area (Å²) in [5.41, 5.74) is 7.66. The zero-order valence-electron chi connectivity index (χ0n) is 12.6. The standard InChI is InChI=1S/C16H14ClN3O2S/c1-3-22-16(21)12-8(2)11-13(18)19-14(20-15(11)23-12)9-4-6-10(17)7-5-9/h4-7H,3H2,1-2H3,(H2,18,19,20). The molecule has 0 fully saturated rings. The number of carbonyl (C=O) groups is 1. The minimum Gasteiger partial charge on any atom is -0.462 e. The Balaban J connectivity index is 2.15. The Kier molecular flexibility index (Phi) is 4.19. The maximum Gasteiger partial charge on any atom is 0.348 e. The van der Waals surface area contributed by atoms with Crippen molar-refractivity contribution in [3.63, 3.8) is 0 Å². The first-order valence-electron chi connectivity index (χ1n) is 7.01. The van der Waals surface area contributed by atoms with Crippen molar-refractivity contribution in [1.82, 2.24) is 9.97 Å². The van der Waals surface area contributed by atoms with Crippen LogP contribution in [-0.4, -0.2) is 22.5 Å². The summed E-state index contributed by atoms with van der Waals surface area (Å²) in [6.07, 6.45) is 0. The minimum absolute atomic E-state index is 0.323. The summed E-state index contributed by atoms with van der Waals surface area (Å²) in [5.74, 6) is 0.494. The third-order valence-electron chi connectivity index (χ3n) is 3.38. The van der Waals surface area contributed by atoms with Crippen LogP contribution in [0.4, 0.5) is 5.82 Å². The molecule has 0 aliphatic rings. The number of carbonyl (C=O) groups excluding carboxylic acids is 1. The van der Waals surface area contributed by atoms with Gasteiger partial charge in [0.2, 0.25) is 0 Å². The second kappa shape index (κ2) is 6.14. The summed E-state index contributed by atoms with van der Waals surface area (Å²) in [6.45, 7) is 3.92. The molecule has 118 valence electrons. The van der Waals surface area contributed by atoms with Gasteiger partial charge in [0.25, 0.3) is 0 Å². The fourth-order valence-corrected chi connectivity index (χ4v) is 3.50. The number of hydrogen-bond acceptors (Lipinski definition) is 6. The molecule has 23 heavy (non-hydrogen) atoms. The van der Waals surface area contributed by atoms with Crippen LogP contribution in [0.5, 0.6) is 0 Å². The van der Waals surface area contributed by atoms with Crippen molar-refractivity contribution >= 4 is 44.9 Å². The van der Waals surface area contributed by atoms with Crippen LogP contribution in [0.3, 0.4) is 0 Å². The number of hydrogen-bond donors (Lipinski definition) is 1. The molecule has 0 radical (unpaired) electrons. The van der Waals surface area contributed by atoms with E-state index in [1.165, 1.54) is 11.3 Å². The molecule has 0 unspecified atom stereocenters. The van der Waals surface area contributed by atoms with Crippen molar-refractivity contribution in [3.05, 3.63) is 39.7 Å². The quantitative estimate of drug-likeness (QED) is 0.722. The van der Waals surface area contributed by atoms with Crippen molar-refractivity contribution in [2.45, 2.75) is 13.8 Å². The fraction of sp³-hybridized carbons (Fsp3) is 0.188. The first kappa shape index (κ1) is 15.7. The Hall–Kier alpha value is -2.18. The highest BCUT2D eigenvalue weighted by Crippen LogP contribution is 2.34. The number of fused-ring (bicyclic) bond motifs is 1. The molecule has 0 aliphatic heterocycles. The van der Waals surface area contributed by atoms with Gasteiger partial charge in [-0.2, -0.15) is 0 Å². The number of esters is 1. The van der Waals surface area contributed by atoms with Crippen LogP contribution in [0.2, 0.25) is 5.02 Å². The van der Waals surface area contributed by atoms with Crippen LogP contribution >= 0.6 is 22.9 Å². The Morgan fingerprint density at radius 3 is 2.65 bits per heavy atom. The molecule has 0 saturated heterocycles. The summed E-state index contributed by atoms with van der Waals surface area (Å²) in [4.78, 5) is 22.1. The Bertz CT molecular complexity index is 890. The number of rotatable bonds is 3. The van der Waals surface area contributed by atoms with E-state index in [0.29, 0.717) is 38.4 Å². The first-order chi connectivity index (χ1) is 11.0. The largest absolute Gasteiger partial charge is 0.462 e. The van der Waals surface area contributed by atoms with Gasteiger partial charge in [-0.3, -0.25) is 0 Å². The smallest absolute Gasteiger partial charge is 0.348 e. The van der Waals surface area contributed by atoms with Gasteiger partial charge in [0.1, 0.15) is 15.5 Å². The predicted molar refractivity (Wildman–Crippen MR) is 93.0 cm³/mol. The van der Waals surface area contributed by atoms with Crippen LogP contribution < -0.4 is 5.73 Å². The lowest BCUT2D eigenvalue weighted by Crippen LogP contribution is -2.03. The van der Waals surface area contributed by atoms with Crippen molar-refractivity contribution in [1.29, 1.82) is 0 Å². The monoisotopic (exact) mass is 347 g/mol. The number of anilines is 1. The summed E-state index contributed by atoms with van der Waals surface area (Å²) < 4.78 is 5.07. The summed E-state index contributed by atoms with van der Waals surface area (Å²) in [6, 6.07) is 7.19. The average Bonchev–Trinajstić information content (AvgIpc) is 2.86. The molecular formula is C16H14ClN3O2S.